The van der Waals surface area contributed by atoms with Crippen LogP contribution in [0.15, 0.2) is 73.6 Å². The number of ether oxygens (including phenoxy) is 1. The summed E-state index contributed by atoms with van der Waals surface area (Å²) in [6, 6.07) is 15.2. The predicted molar refractivity (Wildman–Crippen MR) is 139 cm³/mol. The summed E-state index contributed by atoms with van der Waals surface area (Å²) in [6.07, 6.45) is 4.58. The highest BCUT2D eigenvalue weighted by Crippen LogP contribution is 2.35. The van der Waals surface area contributed by atoms with Crippen molar-refractivity contribution in [2.75, 3.05) is 41.8 Å². The molecule has 35 heavy (non-hydrogen) atoms. The van der Waals surface area contributed by atoms with Crippen LogP contribution < -0.4 is 15.5 Å². The minimum absolute atomic E-state index is 0.307. The van der Waals surface area contributed by atoms with Gasteiger partial charge in [-0.1, -0.05) is 30.3 Å². The second kappa shape index (κ2) is 10.1. The lowest BCUT2D eigenvalue weighted by Gasteiger charge is -2.30. The van der Waals surface area contributed by atoms with Gasteiger partial charge >= 0.3 is 0 Å². The van der Waals surface area contributed by atoms with Crippen molar-refractivity contribution in [2.45, 2.75) is 0 Å². The molecule has 3 heterocycles. The number of hydrogen-bond acceptors (Lipinski definition) is 7. The molecule has 1 aliphatic heterocycles. The molecule has 0 aliphatic carbocycles. The Hall–Kier alpha value is -4.01. The molecule has 0 saturated carbocycles. The first kappa shape index (κ1) is 22.8. The summed E-state index contributed by atoms with van der Waals surface area (Å²) in [6.45, 7) is 6.53. The maximum absolute atomic E-state index is 11.8. The van der Waals surface area contributed by atoms with Gasteiger partial charge in [-0.3, -0.25) is 9.78 Å². The Kier molecular flexibility index (Phi) is 6.56. The highest BCUT2D eigenvalue weighted by atomic mass is 35.5. The van der Waals surface area contributed by atoms with Crippen LogP contribution in [0.4, 0.5) is 23.0 Å². The molecule has 1 fully saturated rings. The molecule has 9 heteroatoms. The number of pyridine rings is 1. The number of hydrogen-bond donors (Lipinski definition) is 2. The van der Waals surface area contributed by atoms with E-state index in [1.807, 2.05) is 24.3 Å². The number of benzene rings is 2. The lowest BCUT2D eigenvalue weighted by molar-refractivity contribution is -0.111. The van der Waals surface area contributed by atoms with Crippen molar-refractivity contribution in [3.8, 4) is 11.3 Å². The molecule has 2 aromatic heterocycles. The summed E-state index contributed by atoms with van der Waals surface area (Å²) >= 11 is 6.62. The Morgan fingerprint density at radius 1 is 1.11 bits per heavy atom. The third-order valence-electron chi connectivity index (χ3n) is 5.67. The fourth-order valence-electron chi connectivity index (χ4n) is 3.99. The van der Waals surface area contributed by atoms with E-state index in [-0.39, 0.29) is 5.91 Å². The van der Waals surface area contributed by atoms with Crippen LogP contribution in [0.2, 0.25) is 5.02 Å². The summed E-state index contributed by atoms with van der Waals surface area (Å²) < 4.78 is 5.50. The van der Waals surface area contributed by atoms with E-state index in [2.05, 4.69) is 38.1 Å². The number of morpholine rings is 1. The van der Waals surface area contributed by atoms with Gasteiger partial charge in [0.05, 0.1) is 40.8 Å². The number of carbonyl (C=O) groups excluding carboxylic acids is 1. The SMILES string of the molecule is C=CC(=O)Nc1ccnc(-c2c(Cl)ccc3cnc(Nc4ccccc4N4CCOCC4)nc23)c1. The molecule has 0 bridgehead atoms. The van der Waals surface area contributed by atoms with E-state index in [9.17, 15) is 4.79 Å². The van der Waals surface area contributed by atoms with Gasteiger partial charge in [0, 0.05) is 42.1 Å². The van der Waals surface area contributed by atoms with Crippen molar-refractivity contribution < 1.29 is 9.53 Å². The maximum Gasteiger partial charge on any atom is 0.247 e. The number of anilines is 4. The molecule has 0 radical (unpaired) electrons. The molecule has 1 amide bonds. The van der Waals surface area contributed by atoms with Crippen molar-refractivity contribution in [1.29, 1.82) is 0 Å². The molecular formula is C26H23ClN6O2. The van der Waals surface area contributed by atoms with E-state index in [1.54, 1.807) is 30.6 Å². The van der Waals surface area contributed by atoms with E-state index in [0.717, 1.165) is 29.9 Å². The monoisotopic (exact) mass is 486 g/mol. The Bertz CT molecular complexity index is 1400. The zero-order valence-corrected chi connectivity index (χ0v) is 19.6. The molecule has 176 valence electrons. The van der Waals surface area contributed by atoms with Gasteiger partial charge in [-0.2, -0.15) is 0 Å². The van der Waals surface area contributed by atoms with Gasteiger partial charge in [0.25, 0.3) is 0 Å². The summed E-state index contributed by atoms with van der Waals surface area (Å²) in [5.41, 5.74) is 4.45. The van der Waals surface area contributed by atoms with Crippen LogP contribution in [-0.2, 0) is 9.53 Å². The molecule has 0 atom stereocenters. The summed E-state index contributed by atoms with van der Waals surface area (Å²) in [5.74, 6) is 0.136. The largest absolute Gasteiger partial charge is 0.378 e. The van der Waals surface area contributed by atoms with Gasteiger partial charge in [0.1, 0.15) is 0 Å². The number of nitrogens with zero attached hydrogens (tertiary/aromatic N) is 4. The zero-order valence-electron chi connectivity index (χ0n) is 18.9. The average molecular weight is 487 g/mol. The number of fused-ring (bicyclic) bond motifs is 1. The number of carbonyl (C=O) groups is 1. The minimum Gasteiger partial charge on any atom is -0.378 e. The normalized spacial score (nSPS) is 13.5. The van der Waals surface area contributed by atoms with Crippen LogP contribution in [0.5, 0.6) is 0 Å². The number of aromatic nitrogens is 3. The Morgan fingerprint density at radius 3 is 2.77 bits per heavy atom. The average Bonchev–Trinajstić information content (AvgIpc) is 2.89. The van der Waals surface area contributed by atoms with Crippen molar-refractivity contribution in [2.24, 2.45) is 0 Å². The summed E-state index contributed by atoms with van der Waals surface area (Å²) in [4.78, 5) is 27.8. The van der Waals surface area contributed by atoms with Crippen LogP contribution in [0.3, 0.4) is 0 Å². The fraction of sp³-hybridized carbons (Fsp3) is 0.154. The lowest BCUT2D eigenvalue weighted by atomic mass is 10.1. The van der Waals surface area contributed by atoms with Crippen LogP contribution >= 0.6 is 11.6 Å². The Balaban J connectivity index is 1.53. The molecule has 0 spiro atoms. The number of para-hydroxylation sites is 2. The molecule has 4 aromatic rings. The zero-order chi connectivity index (χ0) is 24.2. The van der Waals surface area contributed by atoms with Gasteiger partial charge in [-0.25, -0.2) is 9.97 Å². The third-order valence-corrected chi connectivity index (χ3v) is 5.99. The number of rotatable bonds is 6. The van der Waals surface area contributed by atoms with Crippen LogP contribution in [0.25, 0.3) is 22.2 Å². The van der Waals surface area contributed by atoms with Crippen molar-refractivity contribution in [3.05, 3.63) is 78.6 Å². The minimum atomic E-state index is -0.307. The number of halogens is 1. The molecular weight excluding hydrogens is 464 g/mol. The van der Waals surface area contributed by atoms with Gasteiger partial charge in [-0.15, -0.1) is 0 Å². The highest BCUT2D eigenvalue weighted by Gasteiger charge is 2.17. The third kappa shape index (κ3) is 4.94. The van der Waals surface area contributed by atoms with Crippen LogP contribution in [0, 0.1) is 0 Å². The van der Waals surface area contributed by atoms with Crippen LogP contribution in [-0.4, -0.2) is 47.2 Å². The lowest BCUT2D eigenvalue weighted by Crippen LogP contribution is -2.36. The van der Waals surface area contributed by atoms with Gasteiger partial charge in [0.15, 0.2) is 0 Å². The molecule has 1 saturated heterocycles. The Labute approximate surface area is 207 Å². The molecule has 2 N–H and O–H groups in total. The second-order valence-electron chi connectivity index (χ2n) is 7.92. The van der Waals surface area contributed by atoms with Gasteiger partial charge in [-0.05, 0) is 42.5 Å². The highest BCUT2D eigenvalue weighted by molar-refractivity contribution is 6.34. The Morgan fingerprint density at radius 2 is 1.94 bits per heavy atom. The number of amides is 1. The van der Waals surface area contributed by atoms with Crippen LogP contribution in [0.1, 0.15) is 0 Å². The van der Waals surface area contributed by atoms with Gasteiger partial charge < -0.3 is 20.3 Å². The van der Waals surface area contributed by atoms with E-state index in [4.69, 9.17) is 21.3 Å². The molecule has 1 aliphatic rings. The van der Waals surface area contributed by atoms with E-state index < -0.39 is 0 Å². The fourth-order valence-corrected chi connectivity index (χ4v) is 4.24. The van der Waals surface area contributed by atoms with Crippen molar-refractivity contribution in [1.82, 2.24) is 15.0 Å². The van der Waals surface area contributed by atoms with Gasteiger partial charge in [0.2, 0.25) is 11.9 Å². The van der Waals surface area contributed by atoms with E-state index >= 15 is 0 Å². The smallest absolute Gasteiger partial charge is 0.247 e. The maximum atomic E-state index is 11.8. The first-order valence-corrected chi connectivity index (χ1v) is 11.5. The topological polar surface area (TPSA) is 92.3 Å². The first-order chi connectivity index (χ1) is 17.1. The predicted octanol–water partition coefficient (Wildman–Crippen LogP) is 5.05. The second-order valence-corrected chi connectivity index (χ2v) is 8.33. The van der Waals surface area contributed by atoms with Crippen molar-refractivity contribution >= 4 is 51.4 Å². The molecule has 8 nitrogen and oxygen atoms in total. The first-order valence-electron chi connectivity index (χ1n) is 11.2. The summed E-state index contributed by atoms with van der Waals surface area (Å²) in [7, 11) is 0. The van der Waals surface area contributed by atoms with E-state index in [0.29, 0.717) is 46.6 Å². The molecule has 5 rings (SSSR count). The van der Waals surface area contributed by atoms with E-state index in [1.165, 1.54) is 6.08 Å². The summed E-state index contributed by atoms with van der Waals surface area (Å²) in [5, 5.41) is 7.44. The number of nitrogens with one attached hydrogen (secondary N) is 2. The standard InChI is InChI=1S/C26H23ClN6O2/c1-2-23(34)30-18-9-10-28-21(15-18)24-19(27)8-7-17-16-29-26(32-25(17)24)31-20-5-3-4-6-22(20)33-11-13-35-14-12-33/h2-10,15-16H,1,11-14H2,(H,28,30,34)(H,29,31,32). The molecule has 2 aromatic carbocycles. The molecule has 0 unspecified atom stereocenters. The van der Waals surface area contributed by atoms with Crippen molar-refractivity contribution in [3.63, 3.8) is 0 Å². The quantitative estimate of drug-likeness (QED) is 0.368.